The predicted octanol–water partition coefficient (Wildman–Crippen LogP) is 4.70. The molecule has 0 radical (unpaired) electrons. The summed E-state index contributed by atoms with van der Waals surface area (Å²) in [7, 11) is 0. The number of likely N-dealkylation sites (tertiary alicyclic amines) is 1. The van der Waals surface area contributed by atoms with Gasteiger partial charge in [0.15, 0.2) is 0 Å². The number of aromatic amines is 1. The van der Waals surface area contributed by atoms with Crippen molar-refractivity contribution in [1.29, 1.82) is 0 Å². The lowest BCUT2D eigenvalue weighted by Crippen LogP contribution is -2.28. The first-order chi connectivity index (χ1) is 16.6. The van der Waals surface area contributed by atoms with Crippen LogP contribution in [0.15, 0.2) is 54.6 Å². The predicted molar refractivity (Wildman–Crippen MR) is 137 cm³/mol. The maximum absolute atomic E-state index is 13.0. The normalized spacial score (nSPS) is 16.6. The average Bonchev–Trinajstić information content (AvgIpc) is 3.57. The summed E-state index contributed by atoms with van der Waals surface area (Å²) in [6.07, 6.45) is 5.28. The van der Waals surface area contributed by atoms with E-state index in [-0.39, 0.29) is 11.8 Å². The molecule has 2 aliphatic heterocycles. The molecule has 3 heterocycles. The Morgan fingerprint density at radius 3 is 2.68 bits per heavy atom. The van der Waals surface area contributed by atoms with Gasteiger partial charge in [-0.2, -0.15) is 0 Å². The molecule has 0 atom stereocenters. The van der Waals surface area contributed by atoms with E-state index in [9.17, 15) is 9.59 Å². The van der Waals surface area contributed by atoms with Gasteiger partial charge in [-0.05, 0) is 75.2 Å². The quantitative estimate of drug-likeness (QED) is 0.358. The number of hydrogen-bond donors (Lipinski definition) is 3. The van der Waals surface area contributed by atoms with E-state index in [1.165, 1.54) is 12.8 Å². The molecule has 6 nitrogen and oxygen atoms in total. The number of aryl methyl sites for hydroxylation is 1. The summed E-state index contributed by atoms with van der Waals surface area (Å²) >= 11 is 0. The van der Waals surface area contributed by atoms with Crippen molar-refractivity contribution in [2.45, 2.75) is 26.2 Å². The molecule has 0 saturated carbocycles. The molecule has 2 aromatic carbocycles. The Balaban J connectivity index is 1.40. The third-order valence-electron chi connectivity index (χ3n) is 6.56. The van der Waals surface area contributed by atoms with Gasteiger partial charge in [-0.15, -0.1) is 0 Å². The standard InChI is InChI=1S/C28H30N4O2/c1-19-17-22(27(33)29-13-8-16-32-14-5-6-15-32)25(30-19)18-23-26-21(20-9-3-2-4-10-20)11-7-12-24(26)31-28(23)34/h2-4,7,9-12,17-18,30H,5-6,8,13-16H2,1H3,(H,29,33)(H,31,34)/b23-18-. The molecule has 2 amide bonds. The Labute approximate surface area is 200 Å². The number of carbonyl (C=O) groups excluding carboxylic acids is 2. The second kappa shape index (κ2) is 9.69. The number of hydrogen-bond acceptors (Lipinski definition) is 3. The SMILES string of the molecule is Cc1cc(C(=O)NCCCN2CCCC2)c(/C=C2\C(=O)Nc3cccc(-c4ccccc4)c32)[nH]1. The van der Waals surface area contributed by atoms with Crippen molar-refractivity contribution in [2.24, 2.45) is 0 Å². The molecule has 34 heavy (non-hydrogen) atoms. The molecular formula is C28H30N4O2. The molecular weight excluding hydrogens is 424 g/mol. The van der Waals surface area contributed by atoms with Crippen LogP contribution >= 0.6 is 0 Å². The minimum absolute atomic E-state index is 0.118. The first-order valence-electron chi connectivity index (χ1n) is 12.0. The Morgan fingerprint density at radius 1 is 1.09 bits per heavy atom. The highest BCUT2D eigenvalue weighted by Crippen LogP contribution is 2.40. The molecule has 5 rings (SSSR count). The summed E-state index contributed by atoms with van der Waals surface area (Å²) in [5.41, 5.74) is 6.32. The lowest BCUT2D eigenvalue weighted by atomic mass is 9.94. The van der Waals surface area contributed by atoms with Crippen LogP contribution in [0.25, 0.3) is 22.8 Å². The summed E-state index contributed by atoms with van der Waals surface area (Å²) in [5, 5.41) is 6.03. The van der Waals surface area contributed by atoms with Crippen LogP contribution in [-0.4, -0.2) is 47.9 Å². The van der Waals surface area contributed by atoms with E-state index in [2.05, 4.69) is 20.5 Å². The zero-order valence-electron chi connectivity index (χ0n) is 19.5. The fourth-order valence-corrected chi connectivity index (χ4v) is 4.91. The molecule has 0 aliphatic carbocycles. The van der Waals surface area contributed by atoms with Crippen molar-refractivity contribution in [3.8, 4) is 11.1 Å². The van der Waals surface area contributed by atoms with Gasteiger partial charge in [0.2, 0.25) is 0 Å². The molecule has 0 bridgehead atoms. The smallest absolute Gasteiger partial charge is 0.256 e. The minimum atomic E-state index is -0.164. The van der Waals surface area contributed by atoms with Crippen LogP contribution in [0.3, 0.4) is 0 Å². The molecule has 1 fully saturated rings. The lowest BCUT2D eigenvalue weighted by Gasteiger charge is -2.14. The van der Waals surface area contributed by atoms with Gasteiger partial charge in [-0.25, -0.2) is 0 Å². The van der Waals surface area contributed by atoms with Crippen molar-refractivity contribution >= 4 is 29.2 Å². The van der Waals surface area contributed by atoms with E-state index in [1.807, 2.05) is 61.5 Å². The Morgan fingerprint density at radius 2 is 1.88 bits per heavy atom. The monoisotopic (exact) mass is 454 g/mol. The van der Waals surface area contributed by atoms with Crippen LogP contribution in [0.5, 0.6) is 0 Å². The fraction of sp³-hybridized carbons (Fsp3) is 0.286. The van der Waals surface area contributed by atoms with Crippen LogP contribution in [-0.2, 0) is 4.79 Å². The number of nitrogens with zero attached hydrogens (tertiary/aromatic N) is 1. The summed E-state index contributed by atoms with van der Waals surface area (Å²) < 4.78 is 0. The fourth-order valence-electron chi connectivity index (χ4n) is 4.91. The summed E-state index contributed by atoms with van der Waals surface area (Å²) in [4.78, 5) is 31.7. The van der Waals surface area contributed by atoms with Crippen molar-refractivity contribution in [3.63, 3.8) is 0 Å². The van der Waals surface area contributed by atoms with Gasteiger partial charge in [0, 0.05) is 23.5 Å². The van der Waals surface area contributed by atoms with Crippen LogP contribution in [0.1, 0.15) is 46.6 Å². The second-order valence-corrected chi connectivity index (χ2v) is 9.04. The number of benzene rings is 2. The summed E-state index contributed by atoms with van der Waals surface area (Å²) in [5.74, 6) is -0.282. The van der Waals surface area contributed by atoms with Crippen molar-refractivity contribution in [1.82, 2.24) is 15.2 Å². The number of amides is 2. The molecule has 6 heteroatoms. The van der Waals surface area contributed by atoms with Gasteiger partial charge in [-0.1, -0.05) is 42.5 Å². The zero-order valence-corrected chi connectivity index (χ0v) is 19.5. The number of aromatic nitrogens is 1. The number of carbonyl (C=O) groups is 2. The number of fused-ring (bicyclic) bond motifs is 1. The summed E-state index contributed by atoms with van der Waals surface area (Å²) in [6, 6.07) is 17.8. The van der Waals surface area contributed by atoms with Crippen LogP contribution in [0.2, 0.25) is 0 Å². The Hall–Kier alpha value is -3.64. The molecule has 3 aromatic rings. The molecule has 174 valence electrons. The largest absolute Gasteiger partial charge is 0.358 e. The van der Waals surface area contributed by atoms with Gasteiger partial charge >= 0.3 is 0 Å². The topological polar surface area (TPSA) is 77.2 Å². The molecule has 1 saturated heterocycles. The number of anilines is 1. The van der Waals surface area contributed by atoms with Gasteiger partial charge in [0.25, 0.3) is 11.8 Å². The Bertz CT molecular complexity index is 1240. The van der Waals surface area contributed by atoms with E-state index in [1.54, 1.807) is 6.08 Å². The van der Waals surface area contributed by atoms with Crippen molar-refractivity contribution in [2.75, 3.05) is 31.5 Å². The molecule has 0 spiro atoms. The number of nitrogens with one attached hydrogen (secondary N) is 3. The summed E-state index contributed by atoms with van der Waals surface area (Å²) in [6.45, 7) is 5.90. The van der Waals surface area contributed by atoms with Crippen LogP contribution in [0, 0.1) is 6.92 Å². The minimum Gasteiger partial charge on any atom is -0.358 e. The van der Waals surface area contributed by atoms with Crippen LogP contribution in [0.4, 0.5) is 5.69 Å². The third-order valence-corrected chi connectivity index (χ3v) is 6.56. The van der Waals surface area contributed by atoms with Gasteiger partial charge < -0.3 is 20.5 Å². The lowest BCUT2D eigenvalue weighted by molar-refractivity contribution is -0.110. The second-order valence-electron chi connectivity index (χ2n) is 9.04. The van der Waals surface area contributed by atoms with Crippen molar-refractivity contribution < 1.29 is 9.59 Å². The van der Waals surface area contributed by atoms with Gasteiger partial charge in [-0.3, -0.25) is 9.59 Å². The molecule has 2 aliphatic rings. The van der Waals surface area contributed by atoms with E-state index in [4.69, 9.17) is 0 Å². The number of H-pyrrole nitrogens is 1. The van der Waals surface area contributed by atoms with Crippen LogP contribution < -0.4 is 10.6 Å². The van der Waals surface area contributed by atoms with Gasteiger partial charge in [0.05, 0.1) is 16.8 Å². The maximum atomic E-state index is 13.0. The zero-order chi connectivity index (χ0) is 23.5. The highest BCUT2D eigenvalue weighted by atomic mass is 16.2. The number of rotatable bonds is 7. The highest BCUT2D eigenvalue weighted by molar-refractivity contribution is 6.36. The average molecular weight is 455 g/mol. The molecule has 1 aromatic heterocycles. The third kappa shape index (κ3) is 4.54. The highest BCUT2D eigenvalue weighted by Gasteiger charge is 2.28. The van der Waals surface area contributed by atoms with Gasteiger partial charge in [0.1, 0.15) is 0 Å². The van der Waals surface area contributed by atoms with E-state index >= 15 is 0 Å². The first kappa shape index (κ1) is 22.2. The molecule has 0 unspecified atom stereocenters. The van der Waals surface area contributed by atoms with E-state index < -0.39 is 0 Å². The Kier molecular flexibility index (Phi) is 6.32. The van der Waals surface area contributed by atoms with Crippen molar-refractivity contribution in [3.05, 3.63) is 77.1 Å². The van der Waals surface area contributed by atoms with E-state index in [0.29, 0.717) is 23.4 Å². The first-order valence-corrected chi connectivity index (χ1v) is 12.0. The van der Waals surface area contributed by atoms with E-state index in [0.717, 1.165) is 54.1 Å². The molecule has 3 N–H and O–H groups in total. The maximum Gasteiger partial charge on any atom is 0.256 e.